The van der Waals surface area contributed by atoms with E-state index in [9.17, 15) is 14.4 Å². The molecular weight excluding hydrogens is 362 g/mol. The van der Waals surface area contributed by atoms with Crippen molar-refractivity contribution < 1.29 is 19.1 Å². The fourth-order valence-corrected chi connectivity index (χ4v) is 3.20. The van der Waals surface area contributed by atoms with E-state index in [0.29, 0.717) is 30.0 Å². The summed E-state index contributed by atoms with van der Waals surface area (Å²) in [6, 6.07) is 16.3. The molecule has 0 saturated carbocycles. The second kappa shape index (κ2) is 10.5. The summed E-state index contributed by atoms with van der Waals surface area (Å²) in [5.74, 6) is -0.477. The number of hydrogen-bond acceptors (Lipinski definition) is 5. The SMILES string of the molecule is CCOC(=O)c1ccc(NC(=O)C(CSC(C)=O)Cc2ccccc2)cc1. The smallest absolute Gasteiger partial charge is 0.338 e. The van der Waals surface area contributed by atoms with Gasteiger partial charge in [0, 0.05) is 18.4 Å². The maximum absolute atomic E-state index is 12.7. The molecule has 0 saturated heterocycles. The highest BCUT2D eigenvalue weighted by Gasteiger charge is 2.20. The monoisotopic (exact) mass is 385 g/mol. The van der Waals surface area contributed by atoms with E-state index in [1.54, 1.807) is 31.2 Å². The molecule has 1 amide bonds. The lowest BCUT2D eigenvalue weighted by Gasteiger charge is -2.16. The van der Waals surface area contributed by atoms with E-state index in [0.717, 1.165) is 17.3 Å². The minimum Gasteiger partial charge on any atom is -0.462 e. The van der Waals surface area contributed by atoms with Gasteiger partial charge in [-0.1, -0.05) is 42.1 Å². The standard InChI is InChI=1S/C21H23NO4S/c1-3-26-21(25)17-9-11-19(12-10-17)22-20(24)18(14-27-15(2)23)13-16-7-5-4-6-8-16/h4-12,18H,3,13-14H2,1-2H3,(H,22,24). The lowest BCUT2D eigenvalue weighted by Crippen LogP contribution is -2.27. The number of carbonyl (C=O) groups excluding carboxylic acids is 3. The summed E-state index contributed by atoms with van der Waals surface area (Å²) in [7, 11) is 0. The van der Waals surface area contributed by atoms with Crippen LogP contribution < -0.4 is 5.32 Å². The third-order valence-electron chi connectivity index (χ3n) is 3.85. The van der Waals surface area contributed by atoms with Crippen LogP contribution >= 0.6 is 11.8 Å². The van der Waals surface area contributed by atoms with Crippen LogP contribution in [0.1, 0.15) is 29.8 Å². The number of amides is 1. The van der Waals surface area contributed by atoms with Gasteiger partial charge in [0.2, 0.25) is 5.91 Å². The molecule has 0 aliphatic rings. The first-order valence-corrected chi connectivity index (χ1v) is 9.73. The van der Waals surface area contributed by atoms with E-state index in [4.69, 9.17) is 4.74 Å². The molecule has 0 fully saturated rings. The number of ether oxygens (including phenoxy) is 1. The molecule has 5 nitrogen and oxygen atoms in total. The number of thioether (sulfide) groups is 1. The van der Waals surface area contributed by atoms with Gasteiger partial charge in [0.05, 0.1) is 18.1 Å². The molecular formula is C21H23NO4S. The number of esters is 1. The lowest BCUT2D eigenvalue weighted by molar-refractivity contribution is -0.119. The summed E-state index contributed by atoms with van der Waals surface area (Å²) in [6.45, 7) is 3.56. The number of benzene rings is 2. The first kappa shape index (κ1) is 20.7. The highest BCUT2D eigenvalue weighted by atomic mass is 32.2. The van der Waals surface area contributed by atoms with Gasteiger partial charge in [-0.3, -0.25) is 9.59 Å². The molecule has 6 heteroatoms. The van der Waals surface area contributed by atoms with Crippen LogP contribution in [-0.2, 0) is 20.7 Å². The molecule has 1 N–H and O–H groups in total. The van der Waals surface area contributed by atoms with Crippen LogP contribution in [0, 0.1) is 5.92 Å². The van der Waals surface area contributed by atoms with Crippen molar-refractivity contribution in [2.75, 3.05) is 17.7 Å². The Morgan fingerprint density at radius 3 is 2.30 bits per heavy atom. The van der Waals surface area contributed by atoms with Gasteiger partial charge in [-0.05, 0) is 43.2 Å². The number of rotatable bonds is 8. The Labute approximate surface area is 163 Å². The topological polar surface area (TPSA) is 72.5 Å². The van der Waals surface area contributed by atoms with Gasteiger partial charge >= 0.3 is 5.97 Å². The first-order chi connectivity index (χ1) is 13.0. The summed E-state index contributed by atoms with van der Waals surface area (Å²) < 4.78 is 4.95. The average Bonchev–Trinajstić information content (AvgIpc) is 2.66. The Balaban J connectivity index is 2.05. The molecule has 0 bridgehead atoms. The van der Waals surface area contributed by atoms with E-state index in [1.165, 1.54) is 6.92 Å². The predicted octanol–water partition coefficient (Wildman–Crippen LogP) is 3.94. The van der Waals surface area contributed by atoms with E-state index >= 15 is 0 Å². The van der Waals surface area contributed by atoms with Gasteiger partial charge < -0.3 is 10.1 Å². The van der Waals surface area contributed by atoms with Crippen molar-refractivity contribution in [3.05, 3.63) is 65.7 Å². The highest BCUT2D eigenvalue weighted by Crippen LogP contribution is 2.19. The summed E-state index contributed by atoms with van der Waals surface area (Å²) in [5, 5.41) is 2.85. The van der Waals surface area contributed by atoms with Crippen molar-refractivity contribution in [3.8, 4) is 0 Å². The zero-order valence-electron chi connectivity index (χ0n) is 15.4. The summed E-state index contributed by atoms with van der Waals surface area (Å²) in [6.07, 6.45) is 0.549. The molecule has 0 heterocycles. The molecule has 0 aliphatic heterocycles. The van der Waals surface area contributed by atoms with Crippen LogP contribution in [0.5, 0.6) is 0 Å². The van der Waals surface area contributed by atoms with Crippen molar-refractivity contribution in [2.45, 2.75) is 20.3 Å². The highest BCUT2D eigenvalue weighted by molar-refractivity contribution is 8.13. The van der Waals surface area contributed by atoms with Gasteiger partial charge in [-0.25, -0.2) is 4.79 Å². The van der Waals surface area contributed by atoms with Gasteiger partial charge in [0.15, 0.2) is 5.12 Å². The lowest BCUT2D eigenvalue weighted by atomic mass is 10.00. The molecule has 0 spiro atoms. The normalized spacial score (nSPS) is 11.5. The number of carbonyl (C=O) groups is 3. The van der Waals surface area contributed by atoms with Gasteiger partial charge in [0.25, 0.3) is 0 Å². The second-order valence-electron chi connectivity index (χ2n) is 5.98. The Hall–Kier alpha value is -2.60. The van der Waals surface area contributed by atoms with Crippen molar-refractivity contribution >= 4 is 34.4 Å². The zero-order valence-corrected chi connectivity index (χ0v) is 16.3. The molecule has 1 unspecified atom stereocenters. The fourth-order valence-electron chi connectivity index (χ4n) is 2.49. The quantitative estimate of drug-likeness (QED) is 0.697. The fraction of sp³-hybridized carbons (Fsp3) is 0.286. The minimum atomic E-state index is -0.393. The minimum absolute atomic E-state index is 0.0142. The third-order valence-corrected chi connectivity index (χ3v) is 4.82. The number of hydrogen-bond donors (Lipinski definition) is 1. The van der Waals surface area contributed by atoms with Crippen molar-refractivity contribution in [3.63, 3.8) is 0 Å². The Bertz CT molecular complexity index is 775. The Morgan fingerprint density at radius 1 is 1.04 bits per heavy atom. The van der Waals surface area contributed by atoms with Gasteiger partial charge in [-0.2, -0.15) is 0 Å². The summed E-state index contributed by atoms with van der Waals surface area (Å²) in [5.41, 5.74) is 2.07. The summed E-state index contributed by atoms with van der Waals surface area (Å²) in [4.78, 5) is 35.7. The molecule has 2 aromatic carbocycles. The number of nitrogens with one attached hydrogen (secondary N) is 1. The Kier molecular flexibility index (Phi) is 8.07. The van der Waals surface area contributed by atoms with E-state index in [1.807, 2.05) is 30.3 Å². The van der Waals surface area contributed by atoms with E-state index in [2.05, 4.69) is 5.32 Å². The molecule has 2 rings (SSSR count). The van der Waals surface area contributed by atoms with Gasteiger partial charge in [-0.15, -0.1) is 0 Å². The van der Waals surface area contributed by atoms with E-state index < -0.39 is 5.97 Å². The second-order valence-corrected chi connectivity index (χ2v) is 7.17. The molecule has 2 aromatic rings. The van der Waals surface area contributed by atoms with Crippen LogP contribution in [-0.4, -0.2) is 29.4 Å². The van der Waals surface area contributed by atoms with Crippen molar-refractivity contribution in [2.24, 2.45) is 5.92 Å². The van der Waals surface area contributed by atoms with Crippen LogP contribution in [0.15, 0.2) is 54.6 Å². The first-order valence-electron chi connectivity index (χ1n) is 8.75. The van der Waals surface area contributed by atoms with Crippen LogP contribution in [0.2, 0.25) is 0 Å². The van der Waals surface area contributed by atoms with Crippen molar-refractivity contribution in [1.82, 2.24) is 0 Å². The number of anilines is 1. The maximum Gasteiger partial charge on any atom is 0.338 e. The molecule has 0 aliphatic carbocycles. The molecule has 0 aromatic heterocycles. The molecule has 1 atom stereocenters. The van der Waals surface area contributed by atoms with E-state index in [-0.39, 0.29) is 16.9 Å². The third kappa shape index (κ3) is 6.90. The summed E-state index contributed by atoms with van der Waals surface area (Å²) >= 11 is 1.15. The van der Waals surface area contributed by atoms with Gasteiger partial charge in [0.1, 0.15) is 0 Å². The van der Waals surface area contributed by atoms with Crippen molar-refractivity contribution in [1.29, 1.82) is 0 Å². The molecule has 0 radical (unpaired) electrons. The van der Waals surface area contributed by atoms with Crippen LogP contribution in [0.25, 0.3) is 0 Å². The maximum atomic E-state index is 12.7. The van der Waals surface area contributed by atoms with Crippen LogP contribution in [0.4, 0.5) is 5.69 Å². The Morgan fingerprint density at radius 2 is 1.70 bits per heavy atom. The average molecular weight is 385 g/mol. The molecule has 142 valence electrons. The predicted molar refractivity (Wildman–Crippen MR) is 108 cm³/mol. The van der Waals surface area contributed by atoms with Crippen LogP contribution in [0.3, 0.4) is 0 Å². The molecule has 27 heavy (non-hydrogen) atoms. The largest absolute Gasteiger partial charge is 0.462 e. The zero-order chi connectivity index (χ0) is 19.6.